The summed E-state index contributed by atoms with van der Waals surface area (Å²) in [6.07, 6.45) is 4.47. The maximum absolute atomic E-state index is 12.3. The first-order valence-corrected chi connectivity index (χ1v) is 8.38. The Hall–Kier alpha value is -2.12. The molecule has 0 saturated heterocycles. The van der Waals surface area contributed by atoms with E-state index in [2.05, 4.69) is 14.8 Å². The molecule has 0 unspecified atom stereocenters. The second-order valence-corrected chi connectivity index (χ2v) is 6.31. The third kappa shape index (κ3) is 5.72. The SMILES string of the molecule is COC(=O)C(C(=O)OC)[C@@H](C)[C@@H](NC(=O)CC1CCCC1)C(=O)OC. The molecule has 0 aromatic heterocycles. The van der Waals surface area contributed by atoms with Crippen molar-refractivity contribution in [2.24, 2.45) is 17.8 Å². The van der Waals surface area contributed by atoms with Crippen LogP contribution in [0, 0.1) is 17.8 Å². The predicted molar refractivity (Wildman–Crippen MR) is 87.2 cm³/mol. The molecule has 2 atom stereocenters. The van der Waals surface area contributed by atoms with E-state index in [1.165, 1.54) is 14.0 Å². The number of hydrogen-bond donors (Lipinski definition) is 1. The molecule has 0 aliphatic heterocycles. The van der Waals surface area contributed by atoms with E-state index in [9.17, 15) is 19.2 Å². The van der Waals surface area contributed by atoms with Gasteiger partial charge in [0, 0.05) is 12.3 Å². The molecule has 25 heavy (non-hydrogen) atoms. The fourth-order valence-electron chi connectivity index (χ4n) is 3.21. The Bertz CT molecular complexity index is 483. The van der Waals surface area contributed by atoms with Crippen LogP contribution >= 0.6 is 0 Å². The molecule has 1 aliphatic rings. The van der Waals surface area contributed by atoms with E-state index < -0.39 is 35.8 Å². The van der Waals surface area contributed by atoms with Gasteiger partial charge in [-0.3, -0.25) is 14.4 Å². The van der Waals surface area contributed by atoms with Gasteiger partial charge in [0.2, 0.25) is 5.91 Å². The zero-order valence-electron chi connectivity index (χ0n) is 15.2. The first-order valence-electron chi connectivity index (χ1n) is 8.38. The lowest BCUT2D eigenvalue weighted by molar-refractivity contribution is -0.163. The summed E-state index contributed by atoms with van der Waals surface area (Å²) in [7, 11) is 3.45. The van der Waals surface area contributed by atoms with E-state index in [0.29, 0.717) is 12.3 Å². The van der Waals surface area contributed by atoms with Crippen LogP contribution in [0.2, 0.25) is 0 Å². The summed E-state index contributed by atoms with van der Waals surface area (Å²) in [6, 6.07) is -1.15. The molecule has 8 nitrogen and oxygen atoms in total. The molecular formula is C17H27NO7. The van der Waals surface area contributed by atoms with Crippen molar-refractivity contribution in [1.29, 1.82) is 0 Å². The summed E-state index contributed by atoms with van der Waals surface area (Å²) in [5.41, 5.74) is 0. The van der Waals surface area contributed by atoms with Crippen molar-refractivity contribution >= 4 is 23.8 Å². The maximum atomic E-state index is 12.3. The lowest BCUT2D eigenvalue weighted by atomic mass is 9.87. The van der Waals surface area contributed by atoms with Gasteiger partial charge < -0.3 is 19.5 Å². The normalized spacial score (nSPS) is 16.8. The Morgan fingerprint density at radius 3 is 1.84 bits per heavy atom. The molecule has 1 amide bonds. The minimum Gasteiger partial charge on any atom is -0.468 e. The molecular weight excluding hydrogens is 330 g/mol. The smallest absolute Gasteiger partial charge is 0.328 e. The Morgan fingerprint density at radius 2 is 1.40 bits per heavy atom. The number of methoxy groups -OCH3 is 3. The van der Waals surface area contributed by atoms with Crippen LogP contribution in [0.1, 0.15) is 39.0 Å². The van der Waals surface area contributed by atoms with Crippen molar-refractivity contribution in [2.45, 2.75) is 45.1 Å². The van der Waals surface area contributed by atoms with Gasteiger partial charge in [0.1, 0.15) is 6.04 Å². The predicted octanol–water partition coefficient (Wildman–Crippen LogP) is 0.823. The number of nitrogens with one attached hydrogen (secondary N) is 1. The third-order valence-corrected chi connectivity index (χ3v) is 4.68. The van der Waals surface area contributed by atoms with Gasteiger partial charge in [-0.25, -0.2) is 4.79 Å². The molecule has 1 N–H and O–H groups in total. The average molecular weight is 357 g/mol. The standard InChI is InChI=1S/C17H27NO7/c1-10(13(15(20)23-2)16(21)24-3)14(17(22)25-4)18-12(19)9-11-7-5-6-8-11/h10-11,13-14H,5-9H2,1-4H3,(H,18,19)/t10-,14-/m1/s1. The Balaban J connectivity index is 2.90. The van der Waals surface area contributed by atoms with Crippen molar-refractivity contribution in [1.82, 2.24) is 5.32 Å². The van der Waals surface area contributed by atoms with Gasteiger partial charge in [0.25, 0.3) is 0 Å². The highest BCUT2D eigenvalue weighted by Gasteiger charge is 2.42. The van der Waals surface area contributed by atoms with E-state index in [0.717, 1.165) is 39.9 Å². The number of carbonyl (C=O) groups is 4. The van der Waals surface area contributed by atoms with Crippen LogP contribution in [-0.2, 0) is 33.4 Å². The Morgan fingerprint density at radius 1 is 0.920 bits per heavy atom. The summed E-state index contributed by atoms with van der Waals surface area (Å²) in [5, 5.41) is 2.60. The molecule has 142 valence electrons. The zero-order chi connectivity index (χ0) is 19.0. The number of hydrogen-bond acceptors (Lipinski definition) is 7. The second-order valence-electron chi connectivity index (χ2n) is 6.31. The number of esters is 3. The second kappa shape index (κ2) is 10.0. The molecule has 0 aromatic rings. The minimum atomic E-state index is -1.34. The lowest BCUT2D eigenvalue weighted by Crippen LogP contribution is -2.51. The molecule has 0 spiro atoms. The van der Waals surface area contributed by atoms with Crippen LogP contribution in [0.4, 0.5) is 0 Å². The van der Waals surface area contributed by atoms with Crippen molar-refractivity contribution in [2.75, 3.05) is 21.3 Å². The topological polar surface area (TPSA) is 108 Å². The van der Waals surface area contributed by atoms with Crippen molar-refractivity contribution in [3.8, 4) is 0 Å². The first kappa shape index (κ1) is 20.9. The first-order chi connectivity index (χ1) is 11.8. The Kier molecular flexibility index (Phi) is 8.37. The van der Waals surface area contributed by atoms with E-state index in [4.69, 9.17) is 4.74 Å². The van der Waals surface area contributed by atoms with Gasteiger partial charge in [-0.1, -0.05) is 19.8 Å². The molecule has 0 radical (unpaired) electrons. The quantitative estimate of drug-likeness (QED) is 0.389. The summed E-state index contributed by atoms with van der Waals surface area (Å²) < 4.78 is 14.0. The van der Waals surface area contributed by atoms with Gasteiger partial charge in [0.05, 0.1) is 21.3 Å². The highest BCUT2D eigenvalue weighted by atomic mass is 16.5. The van der Waals surface area contributed by atoms with E-state index in [1.807, 2.05) is 0 Å². The van der Waals surface area contributed by atoms with Crippen LogP contribution in [0.25, 0.3) is 0 Å². The van der Waals surface area contributed by atoms with Crippen molar-refractivity contribution in [3.05, 3.63) is 0 Å². The van der Waals surface area contributed by atoms with E-state index in [1.54, 1.807) is 0 Å². The lowest BCUT2D eigenvalue weighted by Gasteiger charge is -2.27. The number of rotatable bonds is 8. The molecule has 8 heteroatoms. The molecule has 1 fully saturated rings. The molecule has 1 saturated carbocycles. The third-order valence-electron chi connectivity index (χ3n) is 4.68. The zero-order valence-corrected chi connectivity index (χ0v) is 15.2. The fraction of sp³-hybridized carbons (Fsp3) is 0.765. The van der Waals surface area contributed by atoms with Gasteiger partial charge >= 0.3 is 17.9 Å². The number of ether oxygens (including phenoxy) is 3. The van der Waals surface area contributed by atoms with Gasteiger partial charge in [-0.05, 0) is 18.8 Å². The minimum absolute atomic E-state index is 0.297. The largest absolute Gasteiger partial charge is 0.468 e. The fourth-order valence-corrected chi connectivity index (χ4v) is 3.21. The highest BCUT2D eigenvalue weighted by molar-refractivity contribution is 5.96. The number of amides is 1. The van der Waals surface area contributed by atoms with E-state index in [-0.39, 0.29) is 5.91 Å². The van der Waals surface area contributed by atoms with Crippen molar-refractivity contribution in [3.63, 3.8) is 0 Å². The molecule has 1 aliphatic carbocycles. The molecule has 1 rings (SSSR count). The molecule has 0 heterocycles. The summed E-state index contributed by atoms with van der Waals surface area (Å²) in [6.45, 7) is 1.50. The van der Waals surface area contributed by atoms with Crippen LogP contribution in [-0.4, -0.2) is 51.2 Å². The molecule has 0 bridgehead atoms. The summed E-state index contributed by atoms with van der Waals surface area (Å²) in [4.78, 5) is 48.3. The van der Waals surface area contributed by atoms with Gasteiger partial charge in [0.15, 0.2) is 5.92 Å². The summed E-state index contributed by atoms with van der Waals surface area (Å²) >= 11 is 0. The van der Waals surface area contributed by atoms with Crippen LogP contribution in [0.15, 0.2) is 0 Å². The molecule has 0 aromatic carbocycles. The van der Waals surface area contributed by atoms with Gasteiger partial charge in [-0.2, -0.15) is 0 Å². The maximum Gasteiger partial charge on any atom is 0.328 e. The average Bonchev–Trinajstić information content (AvgIpc) is 3.11. The van der Waals surface area contributed by atoms with E-state index >= 15 is 0 Å². The highest BCUT2D eigenvalue weighted by Crippen LogP contribution is 2.28. The van der Waals surface area contributed by atoms with Crippen molar-refractivity contribution < 1.29 is 33.4 Å². The van der Waals surface area contributed by atoms with Crippen LogP contribution < -0.4 is 5.32 Å². The Labute approximate surface area is 147 Å². The van der Waals surface area contributed by atoms with Crippen LogP contribution in [0.3, 0.4) is 0 Å². The number of carbonyl (C=O) groups excluding carboxylic acids is 4. The summed E-state index contributed by atoms with van der Waals surface area (Å²) in [5.74, 6) is -4.64. The van der Waals surface area contributed by atoms with Crippen LogP contribution in [0.5, 0.6) is 0 Å². The monoisotopic (exact) mass is 357 g/mol. The van der Waals surface area contributed by atoms with Gasteiger partial charge in [-0.15, -0.1) is 0 Å².